The second-order valence-corrected chi connectivity index (χ2v) is 8.98. The summed E-state index contributed by atoms with van der Waals surface area (Å²) in [5, 5.41) is 4.63. The van der Waals surface area contributed by atoms with E-state index < -0.39 is 36.0 Å². The zero-order chi connectivity index (χ0) is 28.7. The van der Waals surface area contributed by atoms with Crippen LogP contribution in [0, 0.1) is 0 Å². The monoisotopic (exact) mass is 614 g/mol. The van der Waals surface area contributed by atoms with Gasteiger partial charge in [0.05, 0.1) is 11.4 Å². The van der Waals surface area contributed by atoms with Crippen molar-refractivity contribution in [2.45, 2.75) is 26.6 Å². The minimum atomic E-state index is -4.80. The van der Waals surface area contributed by atoms with Gasteiger partial charge in [-0.1, -0.05) is 15.9 Å². The number of piperazine rings is 1. The van der Waals surface area contributed by atoms with Gasteiger partial charge in [0.1, 0.15) is 0 Å². The molecule has 0 spiro atoms. The third-order valence-electron chi connectivity index (χ3n) is 4.85. The van der Waals surface area contributed by atoms with Crippen molar-refractivity contribution in [2.75, 3.05) is 48.8 Å². The molecule has 0 radical (unpaired) electrons. The summed E-state index contributed by atoms with van der Waals surface area (Å²) in [5.41, 5.74) is 0.729. The van der Waals surface area contributed by atoms with E-state index in [1.807, 2.05) is 7.05 Å². The van der Waals surface area contributed by atoms with Crippen molar-refractivity contribution in [1.29, 1.82) is 0 Å². The van der Waals surface area contributed by atoms with Gasteiger partial charge in [-0.15, -0.1) is 26.3 Å². The molecule has 0 aromatic heterocycles. The second-order valence-electron chi connectivity index (χ2n) is 8.07. The molecule has 1 fully saturated rings. The van der Waals surface area contributed by atoms with Gasteiger partial charge in [-0.2, -0.15) is 0 Å². The first-order valence-electron chi connectivity index (χ1n) is 11.0. The fourth-order valence-electron chi connectivity index (χ4n) is 3.28. The molecule has 0 unspecified atom stereocenters. The van der Waals surface area contributed by atoms with Gasteiger partial charge in [0, 0.05) is 50.2 Å². The maximum absolute atomic E-state index is 12.4. The number of hydrogen-bond donors (Lipinski definition) is 2. The van der Waals surface area contributed by atoms with Gasteiger partial charge in [0.25, 0.3) is 0 Å². The zero-order valence-electron chi connectivity index (χ0n) is 20.5. The number of hydrogen-bond acceptors (Lipinski definition) is 6. The number of alkyl halides is 6. The van der Waals surface area contributed by atoms with Crippen LogP contribution in [0.3, 0.4) is 0 Å². The molecule has 1 heterocycles. The van der Waals surface area contributed by atoms with E-state index in [1.54, 1.807) is 6.07 Å². The Morgan fingerprint density at radius 2 is 1.24 bits per heavy atom. The molecule has 8 nitrogen and oxygen atoms in total. The molecule has 2 N–H and O–H groups in total. The first-order chi connectivity index (χ1) is 17.5. The molecular weight excluding hydrogens is 590 g/mol. The Bertz CT molecular complexity index is 1120. The number of ether oxygens (including phenoxy) is 2. The van der Waals surface area contributed by atoms with Crippen LogP contribution in [0.25, 0.3) is 0 Å². The van der Waals surface area contributed by atoms with Crippen LogP contribution < -0.4 is 25.0 Å². The highest BCUT2D eigenvalue weighted by atomic mass is 79.9. The summed E-state index contributed by atoms with van der Waals surface area (Å²) in [6, 6.07) is 8.12. The van der Waals surface area contributed by atoms with Gasteiger partial charge in [-0.05, 0) is 43.4 Å². The van der Waals surface area contributed by atoms with Crippen LogP contribution in [0.4, 0.5) is 43.4 Å². The van der Waals surface area contributed by atoms with Crippen LogP contribution in [0.15, 0.2) is 40.9 Å². The van der Waals surface area contributed by atoms with E-state index in [9.17, 15) is 35.9 Å². The molecule has 3 rings (SSSR count). The molecule has 2 amide bonds. The van der Waals surface area contributed by atoms with Crippen LogP contribution in [-0.2, 0) is 9.59 Å². The van der Waals surface area contributed by atoms with Crippen molar-refractivity contribution in [2.24, 2.45) is 0 Å². The van der Waals surface area contributed by atoms with E-state index in [-0.39, 0.29) is 11.4 Å². The third-order valence-corrected chi connectivity index (χ3v) is 5.34. The van der Waals surface area contributed by atoms with Crippen LogP contribution >= 0.6 is 15.9 Å². The summed E-state index contributed by atoms with van der Waals surface area (Å²) in [4.78, 5) is 26.2. The molecule has 0 aliphatic carbocycles. The zero-order valence-corrected chi connectivity index (χ0v) is 22.1. The molecule has 1 aliphatic rings. The van der Waals surface area contributed by atoms with Crippen LogP contribution in [0.2, 0.25) is 0 Å². The van der Waals surface area contributed by atoms with E-state index >= 15 is 0 Å². The topological polar surface area (TPSA) is 83.1 Å². The maximum atomic E-state index is 12.4. The number of amides is 2. The van der Waals surface area contributed by atoms with Crippen molar-refractivity contribution in [1.82, 2.24) is 4.90 Å². The molecule has 0 atom stereocenters. The van der Waals surface area contributed by atoms with Crippen molar-refractivity contribution in [3.8, 4) is 11.5 Å². The van der Waals surface area contributed by atoms with Crippen molar-refractivity contribution < 1.29 is 45.4 Å². The molecule has 1 aliphatic heterocycles. The van der Waals surface area contributed by atoms with E-state index in [0.29, 0.717) is 4.47 Å². The average Bonchev–Trinajstić information content (AvgIpc) is 2.75. The molecule has 2 aromatic carbocycles. The predicted octanol–water partition coefficient (Wildman–Crippen LogP) is 5.60. The number of halogens is 7. The Balaban J connectivity index is 0.000000281. The number of nitrogens with one attached hydrogen (secondary N) is 2. The van der Waals surface area contributed by atoms with Crippen LogP contribution in [0.5, 0.6) is 11.5 Å². The Kier molecular flexibility index (Phi) is 10.6. The van der Waals surface area contributed by atoms with Crippen LogP contribution in [0.1, 0.15) is 13.8 Å². The number of carbonyl (C=O) groups is 2. The van der Waals surface area contributed by atoms with E-state index in [4.69, 9.17) is 0 Å². The lowest BCUT2D eigenvalue weighted by atomic mass is 10.2. The van der Waals surface area contributed by atoms with E-state index in [2.05, 4.69) is 45.8 Å². The highest BCUT2D eigenvalue weighted by Gasteiger charge is 2.33. The smallest absolute Gasteiger partial charge is 0.404 e. The molecule has 0 bridgehead atoms. The van der Waals surface area contributed by atoms with Crippen molar-refractivity contribution in [3.05, 3.63) is 40.9 Å². The fraction of sp³-hybridized carbons (Fsp3) is 0.391. The SMILES string of the molecule is CC(=O)Nc1cc(Br)ccc1OC(F)(F)F.CC(=O)Nc1cc(N2CCN(C)CC2)ccc1OC(F)(F)F. The first kappa shape index (κ1) is 31.0. The Labute approximate surface area is 223 Å². The quantitative estimate of drug-likeness (QED) is 0.427. The normalized spacial score (nSPS) is 14.2. The van der Waals surface area contributed by atoms with Gasteiger partial charge < -0.3 is 29.9 Å². The Morgan fingerprint density at radius 3 is 1.68 bits per heavy atom. The van der Waals surface area contributed by atoms with E-state index in [1.165, 1.54) is 38.1 Å². The molecule has 1 saturated heterocycles. The van der Waals surface area contributed by atoms with Gasteiger partial charge in [-0.3, -0.25) is 9.59 Å². The molecule has 15 heteroatoms. The minimum absolute atomic E-state index is 0.0150. The largest absolute Gasteiger partial charge is 0.573 e. The number of anilines is 3. The number of carbonyl (C=O) groups excluding carboxylic acids is 2. The fourth-order valence-corrected chi connectivity index (χ4v) is 3.64. The van der Waals surface area contributed by atoms with Gasteiger partial charge >= 0.3 is 12.7 Å². The van der Waals surface area contributed by atoms with Gasteiger partial charge in [0.15, 0.2) is 11.5 Å². The lowest BCUT2D eigenvalue weighted by Crippen LogP contribution is -2.44. The Hall–Kier alpha value is -3.20. The summed E-state index contributed by atoms with van der Waals surface area (Å²) in [6.07, 6.45) is -9.59. The molecular formula is C23H25BrF6N4O4. The van der Waals surface area contributed by atoms with Crippen molar-refractivity contribution in [3.63, 3.8) is 0 Å². The summed E-state index contributed by atoms with van der Waals surface area (Å²) >= 11 is 3.08. The predicted molar refractivity (Wildman–Crippen MR) is 132 cm³/mol. The highest BCUT2D eigenvalue weighted by molar-refractivity contribution is 9.10. The summed E-state index contributed by atoms with van der Waals surface area (Å²) in [6.45, 7) is 5.72. The lowest BCUT2D eigenvalue weighted by Gasteiger charge is -2.34. The summed E-state index contributed by atoms with van der Waals surface area (Å²) < 4.78 is 81.5. The number of rotatable bonds is 5. The molecule has 0 saturated carbocycles. The number of nitrogens with zero attached hydrogens (tertiary/aromatic N) is 2. The summed E-state index contributed by atoms with van der Waals surface area (Å²) in [5.74, 6) is -1.81. The minimum Gasteiger partial charge on any atom is -0.404 e. The third kappa shape index (κ3) is 11.0. The average molecular weight is 615 g/mol. The van der Waals surface area contributed by atoms with Crippen molar-refractivity contribution >= 4 is 44.8 Å². The highest BCUT2D eigenvalue weighted by Crippen LogP contribution is 2.34. The van der Waals surface area contributed by atoms with Gasteiger partial charge in [-0.25, -0.2) is 0 Å². The van der Waals surface area contributed by atoms with E-state index in [0.717, 1.165) is 37.9 Å². The maximum Gasteiger partial charge on any atom is 0.573 e. The molecule has 2 aromatic rings. The summed E-state index contributed by atoms with van der Waals surface area (Å²) in [7, 11) is 2.01. The number of likely N-dealkylation sites (N-methyl/N-ethyl adjacent to an activating group) is 1. The van der Waals surface area contributed by atoms with Crippen LogP contribution in [-0.4, -0.2) is 62.7 Å². The number of benzene rings is 2. The Morgan fingerprint density at radius 1 is 0.789 bits per heavy atom. The molecule has 210 valence electrons. The molecule has 38 heavy (non-hydrogen) atoms. The first-order valence-corrected chi connectivity index (χ1v) is 11.8. The van der Waals surface area contributed by atoms with Gasteiger partial charge in [0.2, 0.25) is 11.8 Å². The second kappa shape index (κ2) is 13.0. The standard InChI is InChI=1S/C14H18F3N3O2.C9H7BrF3NO2/c1-10(21)18-12-9-11(20-7-5-19(2)6-8-20)3-4-13(12)22-14(15,16)17;1-5(15)14-7-4-6(10)2-3-8(7)16-9(11,12)13/h3-4,9H,5-8H2,1-2H3,(H,18,21);2-4H,1H3,(H,14,15). The lowest BCUT2D eigenvalue weighted by molar-refractivity contribution is -0.275.